The summed E-state index contributed by atoms with van der Waals surface area (Å²) in [5.41, 5.74) is 0.0276. The van der Waals surface area contributed by atoms with Crippen LogP contribution in [0.3, 0.4) is 0 Å². The zero-order valence-corrected chi connectivity index (χ0v) is 15.1. The fourth-order valence-corrected chi connectivity index (χ4v) is 2.99. The average Bonchev–Trinajstić information content (AvgIpc) is 2.66. The number of ether oxygens (including phenoxy) is 1. The Morgan fingerprint density at radius 3 is 2.75 bits per heavy atom. The molecule has 9 heteroatoms. The molecule has 1 aliphatic rings. The molecule has 0 atom stereocenters. The second-order valence-corrected chi connectivity index (χ2v) is 6.17. The van der Waals surface area contributed by atoms with E-state index in [1.807, 2.05) is 0 Å². The topological polar surface area (TPSA) is 112 Å². The van der Waals surface area contributed by atoms with Gasteiger partial charge in [-0.15, -0.1) is 6.58 Å². The first-order chi connectivity index (χ1) is 13.3. The third-order valence-electron chi connectivity index (χ3n) is 4.46. The Labute approximate surface area is 159 Å². The van der Waals surface area contributed by atoms with E-state index in [2.05, 4.69) is 6.58 Å². The van der Waals surface area contributed by atoms with E-state index >= 15 is 0 Å². The van der Waals surface area contributed by atoms with Crippen LogP contribution in [-0.2, 0) is 11.3 Å². The smallest absolute Gasteiger partial charge is 0.288 e. The number of pyridine rings is 1. The lowest BCUT2D eigenvalue weighted by Crippen LogP contribution is -2.39. The van der Waals surface area contributed by atoms with Crippen molar-refractivity contribution < 1.29 is 19.2 Å². The van der Waals surface area contributed by atoms with Crippen molar-refractivity contribution in [3.05, 3.63) is 74.7 Å². The van der Waals surface area contributed by atoms with E-state index in [1.54, 1.807) is 12.1 Å². The van der Waals surface area contributed by atoms with Crippen molar-refractivity contribution in [3.63, 3.8) is 0 Å². The van der Waals surface area contributed by atoms with Gasteiger partial charge in [0.05, 0.1) is 22.8 Å². The molecule has 0 bridgehead atoms. The van der Waals surface area contributed by atoms with Gasteiger partial charge in [0.1, 0.15) is 5.75 Å². The van der Waals surface area contributed by atoms with Gasteiger partial charge in [-0.05, 0) is 25.1 Å². The van der Waals surface area contributed by atoms with Crippen LogP contribution in [0.1, 0.15) is 16.1 Å². The van der Waals surface area contributed by atoms with E-state index in [-0.39, 0.29) is 42.5 Å². The monoisotopic (exact) mass is 383 g/mol. The highest BCUT2D eigenvalue weighted by molar-refractivity contribution is 6.02. The van der Waals surface area contributed by atoms with Gasteiger partial charge in [-0.3, -0.25) is 29.1 Å². The maximum absolute atomic E-state index is 12.7. The van der Waals surface area contributed by atoms with Gasteiger partial charge in [-0.25, -0.2) is 0 Å². The zero-order chi connectivity index (χ0) is 20.4. The zero-order valence-electron chi connectivity index (χ0n) is 15.1. The molecule has 0 fully saturated rings. The number of aromatic nitrogens is 1. The number of ketones is 1. The van der Waals surface area contributed by atoms with Gasteiger partial charge < -0.3 is 9.64 Å². The summed E-state index contributed by atoms with van der Waals surface area (Å²) in [6, 6.07) is 6.79. The number of hydrogen-bond donors (Lipinski definition) is 0. The maximum atomic E-state index is 12.7. The molecule has 28 heavy (non-hydrogen) atoms. The second kappa shape index (κ2) is 7.47. The highest BCUT2D eigenvalue weighted by Crippen LogP contribution is 2.33. The van der Waals surface area contributed by atoms with Crippen LogP contribution in [0.4, 0.5) is 11.4 Å². The highest BCUT2D eigenvalue weighted by atomic mass is 16.6. The molecule has 9 nitrogen and oxygen atoms in total. The van der Waals surface area contributed by atoms with Crippen molar-refractivity contribution in [2.75, 3.05) is 18.1 Å². The van der Waals surface area contributed by atoms with Crippen molar-refractivity contribution in [2.24, 2.45) is 0 Å². The second-order valence-electron chi connectivity index (χ2n) is 6.17. The van der Waals surface area contributed by atoms with Crippen molar-refractivity contribution in [2.45, 2.75) is 13.5 Å². The summed E-state index contributed by atoms with van der Waals surface area (Å²) < 4.78 is 6.44. The number of carbonyl (C=O) groups is 2. The molecule has 0 spiro atoms. The van der Waals surface area contributed by atoms with Gasteiger partial charge in [-0.2, -0.15) is 0 Å². The van der Waals surface area contributed by atoms with Gasteiger partial charge in [0.2, 0.25) is 0 Å². The van der Waals surface area contributed by atoms with Crippen molar-refractivity contribution in [1.82, 2.24) is 4.57 Å². The number of Topliss-reactive ketones (excluding diaryl/α,β-unsaturated/α-hetero) is 1. The van der Waals surface area contributed by atoms with E-state index in [9.17, 15) is 24.5 Å². The largest absolute Gasteiger partial charge is 0.482 e. The lowest BCUT2D eigenvalue weighted by molar-refractivity contribution is -0.386. The summed E-state index contributed by atoms with van der Waals surface area (Å²) in [5, 5.41) is 11.1. The first kappa shape index (κ1) is 19.0. The molecule has 1 aromatic heterocycles. The summed E-state index contributed by atoms with van der Waals surface area (Å²) in [5.74, 6) is -0.227. The van der Waals surface area contributed by atoms with Crippen LogP contribution in [0.15, 0.2) is 47.8 Å². The number of amides is 1. The number of hydrogen-bond acceptors (Lipinski definition) is 6. The molecule has 2 heterocycles. The van der Waals surface area contributed by atoms with Crippen LogP contribution in [0.2, 0.25) is 0 Å². The average molecular weight is 383 g/mol. The summed E-state index contributed by atoms with van der Waals surface area (Å²) in [6.07, 6.45) is 1.56. The third-order valence-corrected chi connectivity index (χ3v) is 4.46. The summed E-state index contributed by atoms with van der Waals surface area (Å²) in [7, 11) is 0. The van der Waals surface area contributed by atoms with Crippen LogP contribution in [0, 0.1) is 17.0 Å². The van der Waals surface area contributed by atoms with Gasteiger partial charge in [0.25, 0.3) is 17.2 Å². The SMILES string of the molecule is C=CCN1C(=O)COc2ccc(C(=O)Cn3c(C)c([N+](=O)[O-])ccc3=O)cc21. The van der Waals surface area contributed by atoms with E-state index in [1.165, 1.54) is 24.0 Å². The van der Waals surface area contributed by atoms with E-state index in [0.29, 0.717) is 11.4 Å². The molecule has 2 aromatic rings. The van der Waals surface area contributed by atoms with Gasteiger partial charge in [0.15, 0.2) is 12.4 Å². The quantitative estimate of drug-likeness (QED) is 0.326. The number of anilines is 1. The molecule has 0 N–H and O–H groups in total. The van der Waals surface area contributed by atoms with Crippen molar-refractivity contribution in [3.8, 4) is 5.75 Å². The molecule has 1 aromatic carbocycles. The Kier molecular flexibility index (Phi) is 5.08. The molecule has 0 saturated heterocycles. The lowest BCUT2D eigenvalue weighted by atomic mass is 10.1. The number of rotatable bonds is 6. The number of benzene rings is 1. The fourth-order valence-electron chi connectivity index (χ4n) is 2.99. The van der Waals surface area contributed by atoms with Crippen LogP contribution >= 0.6 is 0 Å². The summed E-state index contributed by atoms with van der Waals surface area (Å²) in [4.78, 5) is 48.8. The van der Waals surface area contributed by atoms with E-state index < -0.39 is 16.3 Å². The number of fused-ring (bicyclic) bond motifs is 1. The minimum absolute atomic E-state index is 0.0932. The number of carbonyl (C=O) groups excluding carboxylic acids is 2. The molecule has 1 aliphatic heterocycles. The Balaban J connectivity index is 1.96. The summed E-state index contributed by atoms with van der Waals surface area (Å²) >= 11 is 0. The van der Waals surface area contributed by atoms with Gasteiger partial charge in [-0.1, -0.05) is 6.08 Å². The molecule has 0 saturated carbocycles. The predicted octanol–water partition coefficient (Wildman–Crippen LogP) is 1.86. The Morgan fingerprint density at radius 1 is 1.32 bits per heavy atom. The van der Waals surface area contributed by atoms with E-state index in [4.69, 9.17) is 4.74 Å². The molecule has 0 unspecified atom stereocenters. The van der Waals surface area contributed by atoms with Crippen molar-refractivity contribution in [1.29, 1.82) is 0 Å². The molecule has 1 amide bonds. The minimum atomic E-state index is -0.606. The normalized spacial score (nSPS) is 12.9. The molecule has 144 valence electrons. The first-order valence-corrected chi connectivity index (χ1v) is 8.39. The van der Waals surface area contributed by atoms with Crippen molar-refractivity contribution >= 4 is 23.1 Å². The molecule has 3 rings (SSSR count). The van der Waals surface area contributed by atoms with Gasteiger partial charge >= 0.3 is 0 Å². The third kappa shape index (κ3) is 3.41. The Hall–Kier alpha value is -3.75. The minimum Gasteiger partial charge on any atom is -0.482 e. The van der Waals surface area contributed by atoms with E-state index in [0.717, 1.165) is 16.7 Å². The van der Waals surface area contributed by atoms with Crippen LogP contribution in [0.5, 0.6) is 5.75 Å². The Morgan fingerprint density at radius 2 is 2.07 bits per heavy atom. The Bertz CT molecular complexity index is 1060. The molecule has 0 aliphatic carbocycles. The molecular formula is C19H17N3O6. The number of nitro groups is 1. The number of nitrogens with zero attached hydrogens (tertiary/aromatic N) is 3. The fraction of sp³-hybridized carbons (Fsp3) is 0.211. The molecule has 0 radical (unpaired) electrons. The maximum Gasteiger partial charge on any atom is 0.288 e. The van der Waals surface area contributed by atoms with Crippen LogP contribution in [0.25, 0.3) is 0 Å². The van der Waals surface area contributed by atoms with Crippen LogP contribution in [-0.4, -0.2) is 34.3 Å². The highest BCUT2D eigenvalue weighted by Gasteiger charge is 2.26. The predicted molar refractivity (Wildman–Crippen MR) is 101 cm³/mol. The standard InChI is InChI=1S/C19H17N3O6/c1-3-8-20-15-9-13(4-6-17(15)28-11-19(20)25)16(23)10-21-12(2)14(22(26)27)5-7-18(21)24/h3-7,9H,1,8,10-11H2,2H3. The molecular weight excluding hydrogens is 366 g/mol. The first-order valence-electron chi connectivity index (χ1n) is 8.39. The van der Waals surface area contributed by atoms with Gasteiger partial charge in [0, 0.05) is 24.2 Å². The van der Waals surface area contributed by atoms with Crippen LogP contribution < -0.4 is 15.2 Å². The summed E-state index contributed by atoms with van der Waals surface area (Å²) in [6.45, 7) is 4.84. The lowest BCUT2D eigenvalue weighted by Gasteiger charge is -2.28.